The summed E-state index contributed by atoms with van der Waals surface area (Å²) in [7, 11) is 0. The van der Waals surface area contributed by atoms with Gasteiger partial charge in [-0.15, -0.1) is 13.2 Å². The van der Waals surface area contributed by atoms with Gasteiger partial charge in [0.1, 0.15) is 0 Å². The summed E-state index contributed by atoms with van der Waals surface area (Å²) in [5.74, 6) is 0. The minimum atomic E-state index is -5.09. The van der Waals surface area contributed by atoms with Gasteiger partial charge in [-0.25, -0.2) is 8.39 Å². The largest absolute Gasteiger partial charge is 2.00 e. The van der Waals surface area contributed by atoms with Gasteiger partial charge in [-0.3, -0.25) is 9.98 Å². The van der Waals surface area contributed by atoms with Crippen molar-refractivity contribution < 1.29 is 43.2 Å². The van der Waals surface area contributed by atoms with Crippen molar-refractivity contribution >= 4 is 35.2 Å². The molecule has 3 rings (SSSR count). The van der Waals surface area contributed by atoms with Crippen molar-refractivity contribution in [3.8, 4) is 0 Å². The van der Waals surface area contributed by atoms with Gasteiger partial charge in [-0.2, -0.15) is 0 Å². The number of aromatic nitrogens is 1. The third kappa shape index (κ3) is 11.6. The molecule has 11 heteroatoms. The zero-order chi connectivity index (χ0) is 26.3. The fraction of sp³-hybridized carbons (Fsp3) is 0.269. The quantitative estimate of drug-likeness (QED) is 0.151. The molecule has 3 aromatic rings. The summed E-state index contributed by atoms with van der Waals surface area (Å²) in [4.78, 5) is 12.7. The maximum Gasteiger partial charge on any atom is 2.00 e. The van der Waals surface area contributed by atoms with E-state index < -0.39 is 17.7 Å². The van der Waals surface area contributed by atoms with Gasteiger partial charge >= 0.3 is 23.4 Å². The molecule has 37 heavy (non-hydrogen) atoms. The Morgan fingerprint density at radius 2 is 1.14 bits per heavy atom. The van der Waals surface area contributed by atoms with Crippen LogP contribution in [0, 0.1) is 49.0 Å². The number of alkyl halides is 3. The Morgan fingerprint density at radius 1 is 0.811 bits per heavy atom. The minimum absolute atomic E-state index is 0. The van der Waals surface area contributed by atoms with Crippen LogP contribution < -0.4 is 0 Å². The molecule has 0 radical (unpaired) electrons. The second kappa shape index (κ2) is 15.0. The number of aliphatic imine (C=N–C) groups is 2. The summed E-state index contributed by atoms with van der Waals surface area (Å²) in [6, 6.07) is 12.7. The van der Waals surface area contributed by atoms with Crippen LogP contribution in [0.3, 0.4) is 0 Å². The van der Waals surface area contributed by atoms with E-state index in [4.69, 9.17) is 8.76 Å². The van der Waals surface area contributed by atoms with Crippen LogP contribution in [0.4, 0.5) is 24.5 Å². The monoisotopic (exact) mass is 577 g/mol. The summed E-state index contributed by atoms with van der Waals surface area (Å²) in [6.45, 7) is 12.6. The van der Waals surface area contributed by atoms with Gasteiger partial charge in [0.15, 0.2) is 0 Å². The molecule has 1 aromatic heterocycles. The van der Waals surface area contributed by atoms with E-state index in [1.165, 1.54) is 33.4 Å². The maximum atomic E-state index is 10.7. The predicted molar refractivity (Wildman–Crippen MR) is 139 cm³/mol. The molecule has 1 unspecified atom stereocenters. The zero-order valence-corrected chi connectivity index (χ0v) is 23.6. The van der Waals surface area contributed by atoms with Gasteiger partial charge < -0.3 is 17.0 Å². The first-order valence-electron chi connectivity index (χ1n) is 10.5. The van der Waals surface area contributed by atoms with Crippen molar-refractivity contribution in [3.05, 3.63) is 88.6 Å². The molecule has 1 heterocycles. The van der Waals surface area contributed by atoms with E-state index in [0.717, 1.165) is 22.8 Å². The van der Waals surface area contributed by atoms with Gasteiger partial charge in [0.25, 0.3) is 0 Å². The van der Waals surface area contributed by atoms with E-state index in [0.29, 0.717) is 0 Å². The Balaban J connectivity index is 0.00000113. The standard InChI is InChI=1S/C24H27N3.CHF3O3S.CH3.Fe/c1-15-9-17(3)23(18(4)10-15)25-13-21-7-8-22(27-21)14-26-24-19(5)11-16(2)12-20(24)6;2-1(3,4)7-8(5)6;;/h7-14,27H,1-6H3;(H,5,6);1H3;/q;;-1;+2/p-1. The van der Waals surface area contributed by atoms with Crippen molar-refractivity contribution in [2.45, 2.75) is 47.9 Å². The maximum absolute atomic E-state index is 10.7. The minimum Gasteiger partial charge on any atom is -0.750 e. The van der Waals surface area contributed by atoms with Crippen LogP contribution in [0.2, 0.25) is 0 Å². The van der Waals surface area contributed by atoms with E-state index in [2.05, 4.69) is 85.0 Å². The van der Waals surface area contributed by atoms with Crippen molar-refractivity contribution in [2.24, 2.45) is 9.98 Å². The zero-order valence-electron chi connectivity index (χ0n) is 21.6. The summed E-state index contributed by atoms with van der Waals surface area (Å²) in [6.07, 6.45) is -1.33. The SMILES string of the molecule is Cc1cc(C)c(N=Cc2ccc(C=Nc3c(C)cc(C)cc3C)[nH]2)c(C)c1.O=S([O-])OC(F)(F)F.[CH3-].[Fe+2]. The molecule has 1 atom stereocenters. The molecular weight excluding hydrogens is 547 g/mol. The molecule has 0 aliphatic heterocycles. The van der Waals surface area contributed by atoms with Gasteiger partial charge in [0.05, 0.1) is 46.6 Å². The third-order valence-electron chi connectivity index (χ3n) is 4.83. The van der Waals surface area contributed by atoms with Crippen molar-refractivity contribution in [1.82, 2.24) is 4.98 Å². The van der Waals surface area contributed by atoms with Gasteiger partial charge in [0.2, 0.25) is 0 Å². The fourth-order valence-corrected chi connectivity index (χ4v) is 3.83. The second-order valence-corrected chi connectivity index (χ2v) is 8.69. The summed E-state index contributed by atoms with van der Waals surface area (Å²) < 4.78 is 52.6. The Kier molecular flexibility index (Phi) is 14.0. The first-order chi connectivity index (χ1) is 16.2. The first kappa shape index (κ1) is 34.4. The molecule has 0 saturated heterocycles. The number of nitrogens with one attached hydrogen (secondary N) is 1. The Bertz CT molecular complexity index is 1140. The fourth-order valence-electron chi connectivity index (χ4n) is 3.68. The topological polar surface area (TPSA) is 89.9 Å². The number of halogens is 3. The van der Waals surface area contributed by atoms with Gasteiger partial charge in [0, 0.05) is 0 Å². The van der Waals surface area contributed by atoms with Crippen molar-refractivity contribution in [2.75, 3.05) is 0 Å². The van der Waals surface area contributed by atoms with Crippen LogP contribution in [0.25, 0.3) is 0 Å². The Hall–Kier alpha value is -2.56. The van der Waals surface area contributed by atoms with Gasteiger partial charge in [-0.05, 0) is 75.9 Å². The van der Waals surface area contributed by atoms with E-state index in [1.54, 1.807) is 0 Å². The van der Waals surface area contributed by atoms with Crippen LogP contribution in [0.5, 0.6) is 0 Å². The average molecular weight is 577 g/mol. The Labute approximate surface area is 229 Å². The normalized spacial score (nSPS) is 12.1. The van der Waals surface area contributed by atoms with Crippen molar-refractivity contribution in [1.29, 1.82) is 0 Å². The molecule has 2 aromatic carbocycles. The smallest absolute Gasteiger partial charge is 0.750 e. The molecule has 0 fully saturated rings. The summed E-state index contributed by atoms with van der Waals surface area (Å²) in [5.41, 5.74) is 11.3. The van der Waals surface area contributed by atoms with E-state index in [-0.39, 0.29) is 24.5 Å². The third-order valence-corrected chi connectivity index (χ3v) is 5.15. The number of benzene rings is 2. The van der Waals surface area contributed by atoms with Crippen LogP contribution >= 0.6 is 0 Å². The summed E-state index contributed by atoms with van der Waals surface area (Å²) in [5, 5.41) is 0. The Morgan fingerprint density at radius 3 is 1.38 bits per heavy atom. The number of aromatic amines is 1. The molecule has 0 amide bonds. The number of H-pyrrole nitrogens is 1. The molecule has 6 nitrogen and oxygen atoms in total. The average Bonchev–Trinajstić information content (AvgIpc) is 3.12. The molecule has 0 spiro atoms. The van der Waals surface area contributed by atoms with Crippen LogP contribution in [0.1, 0.15) is 44.8 Å². The predicted octanol–water partition coefficient (Wildman–Crippen LogP) is 7.13. The molecule has 0 saturated carbocycles. The summed E-state index contributed by atoms with van der Waals surface area (Å²) >= 11 is -3.51. The molecule has 1 N–H and O–H groups in total. The molecule has 0 aliphatic rings. The van der Waals surface area contributed by atoms with E-state index in [1.807, 2.05) is 24.6 Å². The van der Waals surface area contributed by atoms with Crippen molar-refractivity contribution in [3.63, 3.8) is 0 Å². The van der Waals surface area contributed by atoms with Gasteiger partial charge in [-0.1, -0.05) is 35.4 Å². The van der Waals surface area contributed by atoms with E-state index in [9.17, 15) is 13.2 Å². The van der Waals surface area contributed by atoms with E-state index >= 15 is 0 Å². The number of hydrogen-bond acceptors (Lipinski definition) is 5. The van der Waals surface area contributed by atoms with Crippen LogP contribution in [-0.4, -0.2) is 32.5 Å². The van der Waals surface area contributed by atoms with Crippen LogP contribution in [-0.2, 0) is 32.6 Å². The molecule has 0 aliphatic carbocycles. The molecular formula is C26H30F3FeN3O3S. The molecule has 202 valence electrons. The number of rotatable bonds is 5. The molecule has 0 bridgehead atoms. The second-order valence-electron chi connectivity index (χ2n) is 8.11. The van der Waals surface area contributed by atoms with Crippen LogP contribution in [0.15, 0.2) is 46.4 Å². The first-order valence-corrected chi connectivity index (χ1v) is 11.5. The number of aryl methyl sites for hydroxylation is 6. The number of hydrogen-bond donors (Lipinski definition) is 1. The number of nitrogens with zero attached hydrogens (tertiary/aromatic N) is 2.